The first kappa shape index (κ1) is 18.3. The molecule has 0 radical (unpaired) electrons. The molecule has 2 N–H and O–H groups in total. The molecule has 1 saturated carbocycles. The van der Waals surface area contributed by atoms with E-state index >= 15 is 0 Å². The molecule has 0 amide bonds. The first-order valence-corrected chi connectivity index (χ1v) is 7.59. The fourth-order valence-electron chi connectivity index (χ4n) is 2.93. The van der Waals surface area contributed by atoms with Crippen molar-refractivity contribution >= 4 is 29.9 Å². The molecule has 0 bridgehead atoms. The van der Waals surface area contributed by atoms with Crippen LogP contribution in [0.15, 0.2) is 17.3 Å². The Balaban J connectivity index is 0.00000220. The predicted octanol–water partition coefficient (Wildman–Crippen LogP) is 2.86. The van der Waals surface area contributed by atoms with Crippen molar-refractivity contribution in [2.24, 2.45) is 16.8 Å². The van der Waals surface area contributed by atoms with Gasteiger partial charge in [0.2, 0.25) is 0 Å². The van der Waals surface area contributed by atoms with Gasteiger partial charge in [0, 0.05) is 26.8 Å². The van der Waals surface area contributed by atoms with Crippen LogP contribution in [0.25, 0.3) is 0 Å². The summed E-state index contributed by atoms with van der Waals surface area (Å²) in [6.07, 6.45) is 7.22. The van der Waals surface area contributed by atoms with E-state index in [9.17, 15) is 0 Å². The summed E-state index contributed by atoms with van der Waals surface area (Å²) in [4.78, 5) is 6.61. The van der Waals surface area contributed by atoms with E-state index in [1.54, 1.807) is 6.20 Å². The molecule has 6 heteroatoms. The molecule has 0 atom stereocenters. The highest BCUT2D eigenvalue weighted by Gasteiger charge is 2.20. The molecular formula is C15H28IN5. The zero-order valence-electron chi connectivity index (χ0n) is 13.3. The van der Waals surface area contributed by atoms with Crippen molar-refractivity contribution < 1.29 is 0 Å². The fourth-order valence-corrected chi connectivity index (χ4v) is 2.93. The normalized spacial score (nSPS) is 22.5. The average molecular weight is 405 g/mol. The number of nitrogens with zero attached hydrogens (tertiary/aromatic N) is 3. The van der Waals surface area contributed by atoms with Crippen molar-refractivity contribution in [3.05, 3.63) is 18.0 Å². The van der Waals surface area contributed by atoms with Gasteiger partial charge in [0.05, 0.1) is 12.2 Å². The van der Waals surface area contributed by atoms with Crippen molar-refractivity contribution in [1.82, 2.24) is 20.4 Å². The molecule has 1 aliphatic carbocycles. The minimum Gasteiger partial charge on any atom is -0.351 e. The maximum Gasteiger partial charge on any atom is 0.193 e. The number of halogens is 1. The number of hydrogen-bond donors (Lipinski definition) is 2. The molecule has 21 heavy (non-hydrogen) atoms. The van der Waals surface area contributed by atoms with Crippen molar-refractivity contribution in [2.75, 3.05) is 20.6 Å². The van der Waals surface area contributed by atoms with Crippen molar-refractivity contribution in [3.8, 4) is 0 Å². The maximum absolute atomic E-state index is 4.37. The predicted molar refractivity (Wildman–Crippen MR) is 98.0 cm³/mol. The zero-order valence-corrected chi connectivity index (χ0v) is 15.6. The molecule has 1 aromatic rings. The van der Waals surface area contributed by atoms with E-state index in [1.807, 2.05) is 13.1 Å². The number of aromatic amines is 1. The van der Waals surface area contributed by atoms with Gasteiger partial charge in [0.1, 0.15) is 0 Å². The van der Waals surface area contributed by atoms with E-state index in [2.05, 4.69) is 39.4 Å². The van der Waals surface area contributed by atoms with Gasteiger partial charge in [-0.05, 0) is 30.7 Å². The highest BCUT2D eigenvalue weighted by atomic mass is 127. The third-order valence-electron chi connectivity index (χ3n) is 4.24. The Hall–Kier alpha value is -0.790. The van der Waals surface area contributed by atoms with E-state index in [4.69, 9.17) is 0 Å². The van der Waals surface area contributed by atoms with Gasteiger partial charge in [-0.1, -0.05) is 19.8 Å². The third kappa shape index (κ3) is 5.84. The lowest BCUT2D eigenvalue weighted by molar-refractivity contribution is 0.250. The molecule has 5 nitrogen and oxygen atoms in total. The minimum absolute atomic E-state index is 0. The Kier molecular flexibility index (Phi) is 8.06. The molecule has 0 aromatic carbocycles. The van der Waals surface area contributed by atoms with Crippen LogP contribution in [0.4, 0.5) is 0 Å². The van der Waals surface area contributed by atoms with E-state index in [0.717, 1.165) is 36.6 Å². The van der Waals surface area contributed by atoms with Gasteiger partial charge in [-0.25, -0.2) is 0 Å². The quantitative estimate of drug-likeness (QED) is 0.460. The molecule has 120 valence electrons. The fraction of sp³-hybridized carbons (Fsp3) is 0.733. The molecule has 2 rings (SSSR count). The summed E-state index contributed by atoms with van der Waals surface area (Å²) < 4.78 is 0. The van der Waals surface area contributed by atoms with Crippen LogP contribution in [0.5, 0.6) is 0 Å². The monoisotopic (exact) mass is 405 g/mol. The smallest absolute Gasteiger partial charge is 0.193 e. The second-order valence-electron chi connectivity index (χ2n) is 5.99. The Morgan fingerprint density at radius 1 is 1.43 bits per heavy atom. The Bertz CT molecular complexity index is 410. The number of aromatic nitrogens is 2. The van der Waals surface area contributed by atoms with Gasteiger partial charge in [-0.3, -0.25) is 10.1 Å². The Labute approximate surface area is 145 Å². The van der Waals surface area contributed by atoms with Gasteiger partial charge in [0.25, 0.3) is 0 Å². The third-order valence-corrected chi connectivity index (χ3v) is 4.24. The van der Waals surface area contributed by atoms with Crippen LogP contribution in [-0.2, 0) is 6.54 Å². The Morgan fingerprint density at radius 2 is 2.14 bits per heavy atom. The molecule has 0 unspecified atom stereocenters. The summed E-state index contributed by atoms with van der Waals surface area (Å²) in [6.45, 7) is 4.19. The molecule has 1 heterocycles. The SMILES string of the molecule is CN=C(NCc1ccn[nH]1)N(C)CC1CCC(C)CC1.I. The lowest BCUT2D eigenvalue weighted by Gasteiger charge is -2.31. The van der Waals surface area contributed by atoms with E-state index < -0.39 is 0 Å². The van der Waals surface area contributed by atoms with Crippen LogP contribution >= 0.6 is 24.0 Å². The largest absolute Gasteiger partial charge is 0.351 e. The van der Waals surface area contributed by atoms with E-state index in [0.29, 0.717) is 0 Å². The molecule has 0 saturated heterocycles. The number of guanidine groups is 1. The summed E-state index contributed by atoms with van der Waals surface area (Å²) in [5, 5.41) is 10.3. The van der Waals surface area contributed by atoms with E-state index in [-0.39, 0.29) is 24.0 Å². The average Bonchev–Trinajstić information content (AvgIpc) is 2.95. The van der Waals surface area contributed by atoms with Gasteiger partial charge >= 0.3 is 0 Å². The van der Waals surface area contributed by atoms with E-state index in [1.165, 1.54) is 25.7 Å². The van der Waals surface area contributed by atoms with Crippen molar-refractivity contribution in [3.63, 3.8) is 0 Å². The molecule has 1 fully saturated rings. The number of H-pyrrole nitrogens is 1. The topological polar surface area (TPSA) is 56.3 Å². The second-order valence-corrected chi connectivity index (χ2v) is 5.99. The van der Waals surface area contributed by atoms with Crippen LogP contribution in [0, 0.1) is 11.8 Å². The van der Waals surface area contributed by atoms with Crippen molar-refractivity contribution in [1.29, 1.82) is 0 Å². The standard InChI is InChI=1S/C15H27N5.HI/c1-12-4-6-13(7-5-12)11-20(3)15(16-2)17-10-14-8-9-18-19-14;/h8-9,12-13H,4-7,10-11H2,1-3H3,(H,16,17)(H,18,19);1H. The van der Waals surface area contributed by atoms with Gasteiger partial charge < -0.3 is 10.2 Å². The van der Waals surface area contributed by atoms with Crippen LogP contribution in [0.3, 0.4) is 0 Å². The summed E-state index contributed by atoms with van der Waals surface area (Å²) in [6, 6.07) is 1.98. The molecule has 0 spiro atoms. The zero-order chi connectivity index (χ0) is 14.4. The lowest BCUT2D eigenvalue weighted by Crippen LogP contribution is -2.41. The summed E-state index contributed by atoms with van der Waals surface area (Å²) in [5.41, 5.74) is 1.08. The van der Waals surface area contributed by atoms with Gasteiger partial charge in [-0.15, -0.1) is 24.0 Å². The maximum atomic E-state index is 4.37. The number of rotatable bonds is 4. The molecule has 1 aromatic heterocycles. The minimum atomic E-state index is 0. The highest BCUT2D eigenvalue weighted by molar-refractivity contribution is 14.0. The van der Waals surface area contributed by atoms with Gasteiger partial charge in [-0.2, -0.15) is 5.10 Å². The first-order valence-electron chi connectivity index (χ1n) is 7.59. The van der Waals surface area contributed by atoms with Crippen LogP contribution in [0.2, 0.25) is 0 Å². The van der Waals surface area contributed by atoms with Crippen LogP contribution < -0.4 is 5.32 Å². The first-order chi connectivity index (χ1) is 9.69. The highest BCUT2D eigenvalue weighted by Crippen LogP contribution is 2.28. The summed E-state index contributed by atoms with van der Waals surface area (Å²) in [7, 11) is 3.97. The van der Waals surface area contributed by atoms with Crippen molar-refractivity contribution in [2.45, 2.75) is 39.2 Å². The summed E-state index contributed by atoms with van der Waals surface area (Å²) >= 11 is 0. The second kappa shape index (κ2) is 9.27. The number of aliphatic imine (C=N–C) groups is 1. The molecule has 1 aliphatic rings. The molecular weight excluding hydrogens is 377 g/mol. The molecule has 0 aliphatic heterocycles. The number of nitrogens with one attached hydrogen (secondary N) is 2. The lowest BCUT2D eigenvalue weighted by atomic mass is 9.83. The van der Waals surface area contributed by atoms with Gasteiger partial charge in [0.15, 0.2) is 5.96 Å². The van der Waals surface area contributed by atoms with Crippen LogP contribution in [-0.4, -0.2) is 41.7 Å². The summed E-state index contributed by atoms with van der Waals surface area (Å²) in [5.74, 6) is 2.68. The number of hydrogen-bond acceptors (Lipinski definition) is 2. The van der Waals surface area contributed by atoms with Crippen LogP contribution in [0.1, 0.15) is 38.3 Å². The Morgan fingerprint density at radius 3 is 2.71 bits per heavy atom.